The van der Waals surface area contributed by atoms with Crippen LogP contribution in [0.25, 0.3) is 0 Å². The molecule has 0 spiro atoms. The summed E-state index contributed by atoms with van der Waals surface area (Å²) in [6, 6.07) is 0.741. The molecule has 0 saturated heterocycles. The topological polar surface area (TPSA) is 21.3 Å². The number of nitrogens with one attached hydrogen (secondary N) is 1. The van der Waals surface area contributed by atoms with Crippen LogP contribution >= 0.6 is 0 Å². The van der Waals surface area contributed by atoms with Crippen LogP contribution in [0.1, 0.15) is 71.6 Å². The molecule has 4 unspecified atom stereocenters. The molecule has 2 heteroatoms. The van der Waals surface area contributed by atoms with Crippen molar-refractivity contribution < 1.29 is 4.74 Å². The van der Waals surface area contributed by atoms with Gasteiger partial charge in [0.2, 0.25) is 0 Å². The van der Waals surface area contributed by atoms with Gasteiger partial charge >= 0.3 is 0 Å². The van der Waals surface area contributed by atoms with Crippen LogP contribution in [0.15, 0.2) is 0 Å². The molecule has 1 N–H and O–H groups in total. The summed E-state index contributed by atoms with van der Waals surface area (Å²) in [5.74, 6) is 1.68. The average molecular weight is 267 g/mol. The lowest BCUT2D eigenvalue weighted by molar-refractivity contribution is -0.0116. The molecule has 2 rings (SSSR count). The molecule has 2 aliphatic carbocycles. The van der Waals surface area contributed by atoms with E-state index in [2.05, 4.69) is 19.2 Å². The van der Waals surface area contributed by atoms with Crippen LogP contribution < -0.4 is 5.32 Å². The fourth-order valence-corrected chi connectivity index (χ4v) is 3.93. The fourth-order valence-electron chi connectivity index (χ4n) is 3.93. The Kier molecular flexibility index (Phi) is 6.66. The quantitative estimate of drug-likeness (QED) is 0.730. The number of hydrogen-bond donors (Lipinski definition) is 1. The molecule has 0 aromatic carbocycles. The van der Waals surface area contributed by atoms with E-state index in [0.29, 0.717) is 6.10 Å². The van der Waals surface area contributed by atoms with Crippen LogP contribution in [-0.2, 0) is 4.74 Å². The highest BCUT2D eigenvalue weighted by Gasteiger charge is 2.24. The molecule has 2 saturated carbocycles. The Morgan fingerprint density at radius 2 is 1.74 bits per heavy atom. The molecule has 2 aliphatic rings. The first-order chi connectivity index (χ1) is 9.31. The minimum absolute atomic E-state index is 0.546. The molecule has 0 aromatic heterocycles. The van der Waals surface area contributed by atoms with Crippen LogP contribution in [0, 0.1) is 11.8 Å². The predicted molar refractivity (Wildman–Crippen MR) is 81.4 cm³/mol. The molecule has 0 aromatic rings. The van der Waals surface area contributed by atoms with E-state index in [1.807, 2.05) is 0 Å². The van der Waals surface area contributed by atoms with Gasteiger partial charge in [0.25, 0.3) is 0 Å². The van der Waals surface area contributed by atoms with Crippen LogP contribution in [0.5, 0.6) is 0 Å². The predicted octanol–water partition coefficient (Wildman–Crippen LogP) is 4.14. The Morgan fingerprint density at radius 1 is 1.00 bits per heavy atom. The van der Waals surface area contributed by atoms with E-state index in [9.17, 15) is 0 Å². The molecule has 19 heavy (non-hydrogen) atoms. The maximum absolute atomic E-state index is 6.15. The van der Waals surface area contributed by atoms with Crippen molar-refractivity contribution in [2.75, 3.05) is 13.2 Å². The normalized spacial score (nSPS) is 36.3. The molecule has 0 amide bonds. The first-order valence-corrected chi connectivity index (χ1v) is 8.66. The highest BCUT2D eigenvalue weighted by molar-refractivity contribution is 4.78. The van der Waals surface area contributed by atoms with Crippen LogP contribution in [0.2, 0.25) is 0 Å². The first kappa shape index (κ1) is 15.3. The van der Waals surface area contributed by atoms with E-state index in [-0.39, 0.29) is 0 Å². The Labute approximate surface area is 119 Å². The van der Waals surface area contributed by atoms with Gasteiger partial charge in [-0.3, -0.25) is 0 Å². The zero-order valence-corrected chi connectivity index (χ0v) is 13.0. The van der Waals surface area contributed by atoms with Crippen LogP contribution in [0.3, 0.4) is 0 Å². The number of ether oxygens (including phenoxy) is 1. The smallest absolute Gasteiger partial charge is 0.0603 e. The van der Waals surface area contributed by atoms with E-state index in [0.717, 1.165) is 31.0 Å². The molecule has 2 fully saturated rings. The standard InChI is InChI=1S/C17H33NO/c1-3-15-9-5-7-11-17(15)19-13-12-18-16-10-6-4-8-14(16)2/h14-18H,3-13H2,1-2H3. The van der Waals surface area contributed by atoms with Crippen molar-refractivity contribution in [1.29, 1.82) is 0 Å². The van der Waals surface area contributed by atoms with Crippen molar-refractivity contribution in [3.05, 3.63) is 0 Å². The van der Waals surface area contributed by atoms with Crippen molar-refractivity contribution in [3.63, 3.8) is 0 Å². The summed E-state index contributed by atoms with van der Waals surface area (Å²) in [5, 5.41) is 3.72. The Hall–Kier alpha value is -0.0800. The highest BCUT2D eigenvalue weighted by atomic mass is 16.5. The summed E-state index contributed by atoms with van der Waals surface area (Å²) < 4.78 is 6.15. The van der Waals surface area contributed by atoms with Gasteiger partial charge in [-0.25, -0.2) is 0 Å². The van der Waals surface area contributed by atoms with Gasteiger partial charge in [0.1, 0.15) is 0 Å². The van der Waals surface area contributed by atoms with Crippen LogP contribution in [-0.4, -0.2) is 25.3 Å². The summed E-state index contributed by atoms with van der Waals surface area (Å²) in [5.41, 5.74) is 0. The second-order valence-corrected chi connectivity index (χ2v) is 6.68. The van der Waals surface area contributed by atoms with Gasteiger partial charge in [0.15, 0.2) is 0 Å². The van der Waals surface area contributed by atoms with E-state index >= 15 is 0 Å². The second kappa shape index (κ2) is 8.26. The zero-order valence-electron chi connectivity index (χ0n) is 13.0. The third-order valence-electron chi connectivity index (χ3n) is 5.32. The lowest BCUT2D eigenvalue weighted by Crippen LogP contribution is -2.39. The molecular formula is C17H33NO. The summed E-state index contributed by atoms with van der Waals surface area (Å²) in [4.78, 5) is 0. The SMILES string of the molecule is CCC1CCCCC1OCCNC1CCCCC1C. The van der Waals surface area contributed by atoms with Crippen molar-refractivity contribution in [2.24, 2.45) is 11.8 Å². The lowest BCUT2D eigenvalue weighted by atomic mass is 9.85. The average Bonchev–Trinajstić information content (AvgIpc) is 2.45. The minimum Gasteiger partial charge on any atom is -0.377 e. The van der Waals surface area contributed by atoms with E-state index in [4.69, 9.17) is 4.74 Å². The molecule has 112 valence electrons. The largest absolute Gasteiger partial charge is 0.377 e. The van der Waals surface area contributed by atoms with E-state index < -0.39 is 0 Å². The van der Waals surface area contributed by atoms with Crippen LogP contribution in [0.4, 0.5) is 0 Å². The molecular weight excluding hydrogens is 234 g/mol. The molecule has 0 radical (unpaired) electrons. The second-order valence-electron chi connectivity index (χ2n) is 6.68. The monoisotopic (exact) mass is 267 g/mol. The van der Waals surface area contributed by atoms with Crippen molar-refractivity contribution in [2.45, 2.75) is 83.8 Å². The van der Waals surface area contributed by atoms with E-state index in [1.54, 1.807) is 0 Å². The number of hydrogen-bond acceptors (Lipinski definition) is 2. The Balaban J connectivity index is 1.60. The first-order valence-electron chi connectivity index (χ1n) is 8.66. The fraction of sp³-hybridized carbons (Fsp3) is 1.00. The van der Waals surface area contributed by atoms with Crippen molar-refractivity contribution in [1.82, 2.24) is 5.32 Å². The van der Waals surface area contributed by atoms with Crippen molar-refractivity contribution in [3.8, 4) is 0 Å². The third kappa shape index (κ3) is 4.75. The minimum atomic E-state index is 0.546. The Bertz CT molecular complexity index is 243. The maximum atomic E-state index is 6.15. The molecule has 4 atom stereocenters. The highest BCUT2D eigenvalue weighted by Crippen LogP contribution is 2.29. The summed E-state index contributed by atoms with van der Waals surface area (Å²) in [6.45, 7) is 6.66. The third-order valence-corrected chi connectivity index (χ3v) is 5.32. The molecule has 0 heterocycles. The van der Waals surface area contributed by atoms with Crippen molar-refractivity contribution >= 4 is 0 Å². The van der Waals surface area contributed by atoms with Gasteiger partial charge in [-0.05, 0) is 37.5 Å². The lowest BCUT2D eigenvalue weighted by Gasteiger charge is -2.32. The maximum Gasteiger partial charge on any atom is 0.0603 e. The van der Waals surface area contributed by atoms with Gasteiger partial charge in [0.05, 0.1) is 12.7 Å². The molecule has 2 nitrogen and oxygen atoms in total. The van der Waals surface area contributed by atoms with Gasteiger partial charge < -0.3 is 10.1 Å². The molecule has 0 aliphatic heterocycles. The van der Waals surface area contributed by atoms with Gasteiger partial charge in [-0.15, -0.1) is 0 Å². The Morgan fingerprint density at radius 3 is 2.53 bits per heavy atom. The summed E-state index contributed by atoms with van der Waals surface area (Å²) in [7, 11) is 0. The number of rotatable bonds is 6. The van der Waals surface area contributed by atoms with E-state index in [1.165, 1.54) is 57.8 Å². The molecule has 0 bridgehead atoms. The van der Waals surface area contributed by atoms with Gasteiger partial charge in [-0.2, -0.15) is 0 Å². The van der Waals surface area contributed by atoms with Gasteiger partial charge in [-0.1, -0.05) is 46.0 Å². The zero-order chi connectivity index (χ0) is 13.5. The summed E-state index contributed by atoms with van der Waals surface area (Å²) in [6.07, 6.45) is 12.9. The summed E-state index contributed by atoms with van der Waals surface area (Å²) >= 11 is 0. The van der Waals surface area contributed by atoms with Gasteiger partial charge in [0, 0.05) is 12.6 Å².